The summed E-state index contributed by atoms with van der Waals surface area (Å²) < 4.78 is 5.11. The van der Waals surface area contributed by atoms with Crippen LogP contribution in [0.25, 0.3) is 0 Å². The summed E-state index contributed by atoms with van der Waals surface area (Å²) in [4.78, 5) is 12.3. The van der Waals surface area contributed by atoms with Crippen molar-refractivity contribution in [2.24, 2.45) is 0 Å². The monoisotopic (exact) mass is 281 g/mol. The fraction of sp³-hybridized carbons (Fsp3) is 0.278. The van der Waals surface area contributed by atoms with Gasteiger partial charge in [-0.2, -0.15) is 0 Å². The zero-order chi connectivity index (χ0) is 14.7. The highest BCUT2D eigenvalue weighted by Crippen LogP contribution is 2.23. The molecule has 0 fully saturated rings. The van der Waals surface area contributed by atoms with E-state index in [1.54, 1.807) is 7.11 Å². The predicted octanol–water partition coefficient (Wildman–Crippen LogP) is 3.83. The molecule has 0 heterocycles. The number of aryl methyl sites for hydroxylation is 2. The molecular formula is C18H19NO2. The third-order valence-electron chi connectivity index (χ3n) is 3.96. The first-order valence-corrected chi connectivity index (χ1v) is 7.33. The molecule has 1 aliphatic carbocycles. The molecule has 2 aromatic rings. The first-order chi connectivity index (χ1) is 10.3. The van der Waals surface area contributed by atoms with Crippen molar-refractivity contribution in [3.05, 3.63) is 59.2 Å². The molecule has 3 heteroatoms. The van der Waals surface area contributed by atoms with E-state index in [4.69, 9.17) is 4.74 Å². The number of hydrogen-bond donors (Lipinski definition) is 1. The number of anilines is 1. The van der Waals surface area contributed by atoms with E-state index in [1.807, 2.05) is 36.4 Å². The molecule has 1 aliphatic rings. The molecular weight excluding hydrogens is 262 g/mol. The third kappa shape index (κ3) is 3.07. The smallest absolute Gasteiger partial charge is 0.255 e. The van der Waals surface area contributed by atoms with Gasteiger partial charge in [0.2, 0.25) is 0 Å². The van der Waals surface area contributed by atoms with Gasteiger partial charge in [-0.25, -0.2) is 0 Å². The van der Waals surface area contributed by atoms with E-state index in [0.29, 0.717) is 0 Å². The number of ether oxygens (including phenoxy) is 1. The van der Waals surface area contributed by atoms with E-state index < -0.39 is 0 Å². The van der Waals surface area contributed by atoms with Gasteiger partial charge < -0.3 is 10.1 Å². The topological polar surface area (TPSA) is 38.3 Å². The molecule has 108 valence electrons. The lowest BCUT2D eigenvalue weighted by molar-refractivity contribution is 0.102. The maximum atomic E-state index is 12.3. The van der Waals surface area contributed by atoms with Crippen molar-refractivity contribution in [2.75, 3.05) is 12.4 Å². The lowest BCUT2D eigenvalue weighted by Gasteiger charge is -2.16. The van der Waals surface area contributed by atoms with Gasteiger partial charge in [-0.3, -0.25) is 4.79 Å². The fourth-order valence-corrected chi connectivity index (χ4v) is 2.75. The summed E-state index contributed by atoms with van der Waals surface area (Å²) in [6.45, 7) is 0. The molecule has 0 aromatic heterocycles. The molecule has 0 unspecified atom stereocenters. The molecule has 0 radical (unpaired) electrons. The summed E-state index contributed by atoms with van der Waals surface area (Å²) in [5, 5.41) is 2.92. The quantitative estimate of drug-likeness (QED) is 0.928. The summed E-state index contributed by atoms with van der Waals surface area (Å²) in [6, 6.07) is 13.4. The maximum Gasteiger partial charge on any atom is 0.255 e. The van der Waals surface area contributed by atoms with Crippen LogP contribution in [-0.4, -0.2) is 13.0 Å². The highest BCUT2D eigenvalue weighted by atomic mass is 16.5. The molecule has 1 N–H and O–H groups in total. The minimum Gasteiger partial charge on any atom is -0.497 e. The number of carbonyl (C=O) groups is 1. The van der Waals surface area contributed by atoms with E-state index in [-0.39, 0.29) is 5.91 Å². The van der Waals surface area contributed by atoms with Crippen LogP contribution in [0, 0.1) is 0 Å². The van der Waals surface area contributed by atoms with E-state index in [1.165, 1.54) is 24.0 Å². The second-order valence-electron chi connectivity index (χ2n) is 5.37. The van der Waals surface area contributed by atoms with E-state index >= 15 is 0 Å². The number of methoxy groups -OCH3 is 1. The standard InChI is InChI=1S/C18H19NO2/c1-21-17-10-8-16(9-11-17)19-18(20)15-7-6-13-4-2-3-5-14(13)12-15/h6-12H,2-5H2,1H3,(H,19,20). The Labute approximate surface area is 124 Å². The lowest BCUT2D eigenvalue weighted by Crippen LogP contribution is -2.13. The van der Waals surface area contributed by atoms with Crippen LogP contribution in [0.3, 0.4) is 0 Å². The maximum absolute atomic E-state index is 12.3. The van der Waals surface area contributed by atoms with Gasteiger partial charge in [0.05, 0.1) is 7.11 Å². The number of amides is 1. The minimum absolute atomic E-state index is 0.0615. The number of nitrogens with one attached hydrogen (secondary N) is 1. The normalized spacial score (nSPS) is 13.4. The van der Waals surface area contributed by atoms with Gasteiger partial charge in [-0.05, 0) is 73.2 Å². The van der Waals surface area contributed by atoms with Gasteiger partial charge in [0.25, 0.3) is 5.91 Å². The SMILES string of the molecule is COc1ccc(NC(=O)c2ccc3c(c2)CCCC3)cc1. The minimum atomic E-state index is -0.0615. The molecule has 2 aromatic carbocycles. The first kappa shape index (κ1) is 13.7. The summed E-state index contributed by atoms with van der Waals surface area (Å²) >= 11 is 0. The van der Waals surface area contributed by atoms with Gasteiger partial charge in [-0.15, -0.1) is 0 Å². The van der Waals surface area contributed by atoms with Crippen LogP contribution in [0.2, 0.25) is 0 Å². The summed E-state index contributed by atoms with van der Waals surface area (Å²) in [7, 11) is 1.63. The molecule has 0 saturated heterocycles. The third-order valence-corrected chi connectivity index (χ3v) is 3.96. The van der Waals surface area contributed by atoms with Crippen LogP contribution in [0.1, 0.15) is 34.3 Å². The molecule has 3 nitrogen and oxygen atoms in total. The van der Waals surface area contributed by atoms with Crippen LogP contribution in [-0.2, 0) is 12.8 Å². The highest BCUT2D eigenvalue weighted by Gasteiger charge is 2.13. The molecule has 0 aliphatic heterocycles. The Bertz CT molecular complexity index is 647. The Morgan fingerprint density at radius 1 is 1.00 bits per heavy atom. The molecule has 1 amide bonds. The number of fused-ring (bicyclic) bond motifs is 1. The second kappa shape index (κ2) is 6.00. The fourth-order valence-electron chi connectivity index (χ4n) is 2.75. The summed E-state index contributed by atoms with van der Waals surface area (Å²) in [5.41, 5.74) is 4.22. The van der Waals surface area contributed by atoms with E-state index in [9.17, 15) is 4.79 Å². The van der Waals surface area contributed by atoms with Gasteiger partial charge in [0, 0.05) is 11.3 Å². The molecule has 0 saturated carbocycles. The lowest BCUT2D eigenvalue weighted by atomic mass is 9.90. The zero-order valence-electron chi connectivity index (χ0n) is 12.2. The Balaban J connectivity index is 1.75. The van der Waals surface area contributed by atoms with Crippen LogP contribution in [0.5, 0.6) is 5.75 Å². The Morgan fingerprint density at radius 2 is 1.71 bits per heavy atom. The summed E-state index contributed by atoms with van der Waals surface area (Å²) in [5.74, 6) is 0.718. The van der Waals surface area contributed by atoms with Crippen LogP contribution < -0.4 is 10.1 Å². The molecule has 0 bridgehead atoms. The number of rotatable bonds is 3. The van der Waals surface area contributed by atoms with Gasteiger partial charge >= 0.3 is 0 Å². The van der Waals surface area contributed by atoms with Crippen molar-refractivity contribution in [3.8, 4) is 5.75 Å². The van der Waals surface area contributed by atoms with Crippen LogP contribution in [0.4, 0.5) is 5.69 Å². The van der Waals surface area contributed by atoms with Crippen molar-refractivity contribution in [3.63, 3.8) is 0 Å². The van der Waals surface area contributed by atoms with Crippen molar-refractivity contribution in [1.82, 2.24) is 0 Å². The van der Waals surface area contributed by atoms with Gasteiger partial charge in [0.1, 0.15) is 5.75 Å². The summed E-state index contributed by atoms with van der Waals surface area (Å²) in [6.07, 6.45) is 4.69. The number of hydrogen-bond acceptors (Lipinski definition) is 2. The van der Waals surface area contributed by atoms with Crippen molar-refractivity contribution in [1.29, 1.82) is 0 Å². The van der Waals surface area contributed by atoms with Gasteiger partial charge in [0.15, 0.2) is 0 Å². The van der Waals surface area contributed by atoms with Crippen molar-refractivity contribution >= 4 is 11.6 Å². The Hall–Kier alpha value is -2.29. The van der Waals surface area contributed by atoms with E-state index in [0.717, 1.165) is 29.8 Å². The second-order valence-corrected chi connectivity index (χ2v) is 5.37. The van der Waals surface area contributed by atoms with Crippen molar-refractivity contribution < 1.29 is 9.53 Å². The van der Waals surface area contributed by atoms with E-state index in [2.05, 4.69) is 11.4 Å². The average Bonchev–Trinajstić information content (AvgIpc) is 2.55. The number of benzene rings is 2. The van der Waals surface area contributed by atoms with Crippen molar-refractivity contribution in [2.45, 2.75) is 25.7 Å². The largest absolute Gasteiger partial charge is 0.497 e. The number of carbonyl (C=O) groups excluding carboxylic acids is 1. The first-order valence-electron chi connectivity index (χ1n) is 7.33. The molecule has 3 rings (SSSR count). The van der Waals surface area contributed by atoms with Gasteiger partial charge in [-0.1, -0.05) is 6.07 Å². The van der Waals surface area contributed by atoms with Crippen LogP contribution in [0.15, 0.2) is 42.5 Å². The Morgan fingerprint density at radius 3 is 2.43 bits per heavy atom. The average molecular weight is 281 g/mol. The highest BCUT2D eigenvalue weighted by molar-refractivity contribution is 6.04. The molecule has 0 spiro atoms. The Kier molecular flexibility index (Phi) is 3.91. The zero-order valence-corrected chi connectivity index (χ0v) is 12.2. The molecule has 0 atom stereocenters. The predicted molar refractivity (Wildman–Crippen MR) is 84.0 cm³/mol. The van der Waals surface area contributed by atoms with Crippen LogP contribution >= 0.6 is 0 Å². The molecule has 21 heavy (non-hydrogen) atoms.